The maximum absolute atomic E-state index is 13.2. The number of nitrogens with two attached hydrogens (primary N) is 1. The van der Waals surface area contributed by atoms with Crippen molar-refractivity contribution in [3.8, 4) is 0 Å². The first-order valence-electron chi connectivity index (χ1n) is 11.3. The van der Waals surface area contributed by atoms with E-state index in [4.69, 9.17) is 5.73 Å². The highest BCUT2D eigenvalue weighted by Crippen LogP contribution is 2.25. The van der Waals surface area contributed by atoms with E-state index < -0.39 is 17.8 Å². The van der Waals surface area contributed by atoms with Gasteiger partial charge in [-0.1, -0.05) is 48.5 Å². The molecule has 3 amide bonds. The zero-order chi connectivity index (χ0) is 26.1. The van der Waals surface area contributed by atoms with Crippen molar-refractivity contribution < 1.29 is 23.9 Å². The van der Waals surface area contributed by atoms with Crippen LogP contribution in [-0.4, -0.2) is 30.8 Å². The highest BCUT2D eigenvalue weighted by Gasteiger charge is 2.17. The quantitative estimate of drug-likeness (QED) is 0.166. The van der Waals surface area contributed by atoms with E-state index >= 15 is 0 Å². The maximum Gasteiger partial charge on any atom is 0.330 e. The average molecular weight is 489 g/mol. The Kier molecular flexibility index (Phi) is 8.77. The average Bonchev–Trinajstić information content (AvgIpc) is 2.89. The molecule has 3 rings (SSSR count). The van der Waals surface area contributed by atoms with E-state index in [1.54, 1.807) is 18.2 Å². The van der Waals surface area contributed by atoms with Gasteiger partial charge < -0.3 is 15.8 Å². The molecule has 0 saturated heterocycles. The molecule has 1 atom stereocenters. The molecule has 5 N–H and O–H groups in total. The molecular weight excluding hydrogens is 460 g/mol. The standard InChI is InChI=1S/C27H28N4O5/c1-17(21-9-5-7-18-6-3-4-8-22(18)21)29-27(35)23-16-20(28)12-10-19(23)11-13-24(32)30-31-25(33)14-15-26(34)36-2/h3-10,12,14-17H,11,13,28H2,1-2H3,(H,29,35)(H,30,32)(H,31,33)/b15-14+/t17-/m1/s1. The number of carbonyl (C=O) groups is 4. The van der Waals surface area contributed by atoms with Crippen molar-refractivity contribution in [2.75, 3.05) is 12.8 Å². The summed E-state index contributed by atoms with van der Waals surface area (Å²) in [7, 11) is 1.18. The topological polar surface area (TPSA) is 140 Å². The number of hydrogen-bond donors (Lipinski definition) is 4. The third kappa shape index (κ3) is 6.92. The number of hydrazine groups is 1. The molecule has 0 heterocycles. The number of esters is 1. The van der Waals surface area contributed by atoms with Crippen LogP contribution in [0.5, 0.6) is 0 Å². The zero-order valence-corrected chi connectivity index (χ0v) is 20.0. The Balaban J connectivity index is 1.64. The minimum absolute atomic E-state index is 0.00404. The molecule has 9 heteroatoms. The lowest BCUT2D eigenvalue weighted by Crippen LogP contribution is -2.41. The van der Waals surface area contributed by atoms with Crippen LogP contribution in [0.15, 0.2) is 72.8 Å². The second-order valence-electron chi connectivity index (χ2n) is 8.07. The van der Waals surface area contributed by atoms with E-state index in [-0.39, 0.29) is 24.8 Å². The number of ether oxygens (including phenoxy) is 1. The van der Waals surface area contributed by atoms with Gasteiger partial charge in [0, 0.05) is 29.8 Å². The molecule has 36 heavy (non-hydrogen) atoms. The number of rotatable bonds is 8. The number of benzene rings is 3. The van der Waals surface area contributed by atoms with Crippen LogP contribution in [0.4, 0.5) is 5.69 Å². The number of nitrogens with one attached hydrogen (secondary N) is 3. The minimum atomic E-state index is -0.694. The van der Waals surface area contributed by atoms with Gasteiger partial charge in [-0.05, 0) is 47.4 Å². The number of nitrogen functional groups attached to an aromatic ring is 1. The Hall–Kier alpha value is -4.66. The summed E-state index contributed by atoms with van der Waals surface area (Å²) in [6.45, 7) is 1.91. The molecule has 0 aliphatic rings. The van der Waals surface area contributed by atoms with Gasteiger partial charge in [0.15, 0.2) is 0 Å². The fraction of sp³-hybridized carbons (Fsp3) is 0.185. The third-order valence-electron chi connectivity index (χ3n) is 5.53. The first-order chi connectivity index (χ1) is 17.3. The highest BCUT2D eigenvalue weighted by molar-refractivity contribution is 5.98. The molecule has 0 spiro atoms. The van der Waals surface area contributed by atoms with E-state index in [0.717, 1.165) is 28.5 Å². The molecule has 0 bridgehead atoms. The van der Waals surface area contributed by atoms with Crippen molar-refractivity contribution >= 4 is 40.2 Å². The molecule has 0 aromatic heterocycles. The fourth-order valence-corrected chi connectivity index (χ4v) is 3.70. The summed E-state index contributed by atoms with van der Waals surface area (Å²) in [5, 5.41) is 5.17. The van der Waals surface area contributed by atoms with Crippen molar-refractivity contribution in [2.45, 2.75) is 25.8 Å². The summed E-state index contributed by atoms with van der Waals surface area (Å²) in [6, 6.07) is 18.6. The van der Waals surface area contributed by atoms with Gasteiger partial charge in [-0.2, -0.15) is 0 Å². The van der Waals surface area contributed by atoms with Gasteiger partial charge >= 0.3 is 5.97 Å². The lowest BCUT2D eigenvalue weighted by molar-refractivity contribution is -0.135. The molecule has 0 radical (unpaired) electrons. The Morgan fingerprint density at radius 2 is 1.72 bits per heavy atom. The van der Waals surface area contributed by atoms with Gasteiger partial charge in [-0.15, -0.1) is 0 Å². The Morgan fingerprint density at radius 1 is 0.972 bits per heavy atom. The Morgan fingerprint density at radius 3 is 2.50 bits per heavy atom. The summed E-state index contributed by atoms with van der Waals surface area (Å²) in [5.41, 5.74) is 12.8. The molecule has 0 fully saturated rings. The van der Waals surface area contributed by atoms with Crippen LogP contribution in [0, 0.1) is 0 Å². The van der Waals surface area contributed by atoms with Gasteiger partial charge in [-0.25, -0.2) is 4.79 Å². The second kappa shape index (κ2) is 12.2. The van der Waals surface area contributed by atoms with Crippen LogP contribution in [0.1, 0.15) is 40.9 Å². The number of aryl methyl sites for hydroxylation is 1. The van der Waals surface area contributed by atoms with E-state index in [1.165, 1.54) is 7.11 Å². The number of methoxy groups -OCH3 is 1. The van der Waals surface area contributed by atoms with Crippen LogP contribution in [0.25, 0.3) is 10.8 Å². The van der Waals surface area contributed by atoms with Crippen molar-refractivity contribution in [2.24, 2.45) is 0 Å². The third-order valence-corrected chi connectivity index (χ3v) is 5.53. The summed E-state index contributed by atoms with van der Waals surface area (Å²) in [6.07, 6.45) is 2.11. The van der Waals surface area contributed by atoms with E-state index in [0.29, 0.717) is 16.8 Å². The lowest BCUT2D eigenvalue weighted by atomic mass is 9.98. The molecule has 0 saturated carbocycles. The predicted octanol–water partition coefficient (Wildman–Crippen LogP) is 2.72. The zero-order valence-electron chi connectivity index (χ0n) is 20.0. The monoisotopic (exact) mass is 488 g/mol. The number of anilines is 1. The van der Waals surface area contributed by atoms with Gasteiger partial charge in [0.05, 0.1) is 13.2 Å². The van der Waals surface area contributed by atoms with Gasteiger partial charge in [0.1, 0.15) is 0 Å². The number of carbonyl (C=O) groups excluding carboxylic acids is 4. The minimum Gasteiger partial charge on any atom is -0.466 e. The molecule has 0 aliphatic carbocycles. The van der Waals surface area contributed by atoms with Crippen molar-refractivity contribution in [3.05, 3.63) is 89.5 Å². The van der Waals surface area contributed by atoms with E-state index in [9.17, 15) is 19.2 Å². The van der Waals surface area contributed by atoms with Gasteiger partial charge in [0.2, 0.25) is 5.91 Å². The Labute approximate surface area is 208 Å². The molecule has 186 valence electrons. The highest BCUT2D eigenvalue weighted by atomic mass is 16.5. The number of amides is 3. The second-order valence-corrected chi connectivity index (χ2v) is 8.07. The summed E-state index contributed by atoms with van der Waals surface area (Å²) >= 11 is 0. The van der Waals surface area contributed by atoms with Crippen LogP contribution in [0.3, 0.4) is 0 Å². The largest absolute Gasteiger partial charge is 0.466 e. The summed E-state index contributed by atoms with van der Waals surface area (Å²) in [5.74, 6) is -2.16. The Bertz CT molecular complexity index is 1310. The van der Waals surface area contributed by atoms with Crippen LogP contribution < -0.4 is 21.9 Å². The molecule has 9 nitrogen and oxygen atoms in total. The van der Waals surface area contributed by atoms with Crippen LogP contribution >= 0.6 is 0 Å². The van der Waals surface area contributed by atoms with Crippen molar-refractivity contribution in [3.63, 3.8) is 0 Å². The SMILES string of the molecule is COC(=O)/C=C/C(=O)NNC(=O)CCc1ccc(N)cc1C(=O)N[C@H](C)c1cccc2ccccc12. The predicted molar refractivity (Wildman–Crippen MR) is 136 cm³/mol. The van der Waals surface area contributed by atoms with Crippen molar-refractivity contribution in [1.82, 2.24) is 16.2 Å². The van der Waals surface area contributed by atoms with Gasteiger partial charge in [0.25, 0.3) is 11.8 Å². The first kappa shape index (κ1) is 26.0. The fourth-order valence-electron chi connectivity index (χ4n) is 3.70. The van der Waals surface area contributed by atoms with Crippen LogP contribution in [-0.2, 0) is 25.5 Å². The lowest BCUT2D eigenvalue weighted by Gasteiger charge is -2.18. The smallest absolute Gasteiger partial charge is 0.330 e. The van der Waals surface area contributed by atoms with E-state index in [2.05, 4.69) is 20.9 Å². The number of fused-ring (bicyclic) bond motifs is 1. The van der Waals surface area contributed by atoms with Crippen LogP contribution in [0.2, 0.25) is 0 Å². The molecule has 0 aliphatic heterocycles. The molecule has 3 aromatic carbocycles. The molecular formula is C27H28N4O5. The molecule has 0 unspecified atom stereocenters. The first-order valence-corrected chi connectivity index (χ1v) is 11.3. The summed E-state index contributed by atoms with van der Waals surface area (Å²) < 4.78 is 4.39. The van der Waals surface area contributed by atoms with Crippen molar-refractivity contribution in [1.29, 1.82) is 0 Å². The normalized spacial score (nSPS) is 11.6. The van der Waals surface area contributed by atoms with E-state index in [1.807, 2.05) is 49.4 Å². The summed E-state index contributed by atoms with van der Waals surface area (Å²) in [4.78, 5) is 48.0. The van der Waals surface area contributed by atoms with Gasteiger partial charge in [-0.3, -0.25) is 25.2 Å². The number of hydrogen-bond acceptors (Lipinski definition) is 6. The maximum atomic E-state index is 13.2. The molecule has 3 aromatic rings.